The highest BCUT2D eigenvalue weighted by Crippen LogP contribution is 2.39. The molecule has 0 saturated carbocycles. The highest BCUT2D eigenvalue weighted by Gasteiger charge is 2.48. The summed E-state index contributed by atoms with van der Waals surface area (Å²) in [5.74, 6) is -0.236. The van der Waals surface area contributed by atoms with Crippen LogP contribution in [-0.4, -0.2) is 61.0 Å². The van der Waals surface area contributed by atoms with Crippen molar-refractivity contribution >= 4 is 5.97 Å². The van der Waals surface area contributed by atoms with E-state index >= 15 is 0 Å². The minimum absolute atomic E-state index is 0.0457. The Kier molecular flexibility index (Phi) is 4.01. The number of fused-ring (bicyclic) bond motifs is 1. The normalized spacial score (nSPS) is 32.7. The Morgan fingerprint density at radius 1 is 1.59 bits per heavy atom. The molecule has 98 valence electrons. The van der Waals surface area contributed by atoms with Crippen LogP contribution in [0.4, 0.5) is 0 Å². The smallest absolute Gasteiger partial charge is 0.307 e. The van der Waals surface area contributed by atoms with Crippen LogP contribution in [0.15, 0.2) is 0 Å². The Bertz CT molecular complexity index is 284. The van der Waals surface area contributed by atoms with Crippen LogP contribution in [0.3, 0.4) is 0 Å². The van der Waals surface area contributed by atoms with E-state index in [2.05, 4.69) is 9.64 Å². The molecule has 2 aliphatic rings. The summed E-state index contributed by atoms with van der Waals surface area (Å²) in [5, 5.41) is 9.53. The average Bonchev–Trinajstić information content (AvgIpc) is 2.85. The molecule has 0 radical (unpaired) electrons. The van der Waals surface area contributed by atoms with Crippen LogP contribution < -0.4 is 0 Å². The number of methoxy groups -OCH3 is 1. The first-order valence-electron chi connectivity index (χ1n) is 6.24. The molecule has 5 heteroatoms. The first-order valence-corrected chi connectivity index (χ1v) is 6.24. The lowest BCUT2D eigenvalue weighted by Crippen LogP contribution is -2.41. The summed E-state index contributed by atoms with van der Waals surface area (Å²) >= 11 is 0. The molecule has 0 amide bonds. The van der Waals surface area contributed by atoms with E-state index in [4.69, 9.17) is 4.74 Å². The average molecular weight is 243 g/mol. The first-order chi connectivity index (χ1) is 8.20. The minimum atomic E-state index is -0.236. The van der Waals surface area contributed by atoms with Gasteiger partial charge in [-0.1, -0.05) is 0 Å². The molecule has 0 spiro atoms. The van der Waals surface area contributed by atoms with Gasteiger partial charge in [0.2, 0.25) is 0 Å². The van der Waals surface area contributed by atoms with Crippen LogP contribution in [0, 0.1) is 0 Å². The number of esters is 1. The van der Waals surface area contributed by atoms with Crippen LogP contribution in [0.25, 0.3) is 0 Å². The van der Waals surface area contributed by atoms with Crippen molar-refractivity contribution < 1.29 is 19.4 Å². The van der Waals surface area contributed by atoms with Gasteiger partial charge in [0, 0.05) is 12.1 Å². The second kappa shape index (κ2) is 5.33. The van der Waals surface area contributed by atoms with Gasteiger partial charge in [-0.05, 0) is 25.8 Å². The van der Waals surface area contributed by atoms with Crippen molar-refractivity contribution in [3.8, 4) is 0 Å². The highest BCUT2D eigenvalue weighted by molar-refractivity contribution is 5.69. The Morgan fingerprint density at radius 3 is 3.06 bits per heavy atom. The third kappa shape index (κ3) is 2.61. The molecule has 2 aliphatic heterocycles. The third-order valence-electron chi connectivity index (χ3n) is 3.95. The van der Waals surface area contributed by atoms with Crippen molar-refractivity contribution in [3.63, 3.8) is 0 Å². The standard InChI is InChI=1S/C12H21NO4/c1-16-11(15)3-6-17-10-7-12(9-14)4-2-5-13(12)8-10/h10,14H,2-9H2,1H3/t10-,12-/m1/s1. The molecule has 0 unspecified atom stereocenters. The van der Waals surface area contributed by atoms with E-state index in [1.54, 1.807) is 0 Å². The molecule has 2 atom stereocenters. The summed E-state index contributed by atoms with van der Waals surface area (Å²) in [6.45, 7) is 2.55. The van der Waals surface area contributed by atoms with Gasteiger partial charge in [0.05, 0.1) is 32.8 Å². The Morgan fingerprint density at radius 2 is 2.41 bits per heavy atom. The van der Waals surface area contributed by atoms with E-state index in [1.807, 2.05) is 0 Å². The Balaban J connectivity index is 1.76. The van der Waals surface area contributed by atoms with Crippen LogP contribution in [-0.2, 0) is 14.3 Å². The molecule has 2 heterocycles. The number of carbonyl (C=O) groups is 1. The molecular weight excluding hydrogens is 222 g/mol. The van der Waals surface area contributed by atoms with E-state index in [0.29, 0.717) is 13.0 Å². The molecule has 0 aromatic carbocycles. The first kappa shape index (κ1) is 12.8. The van der Waals surface area contributed by atoms with Crippen molar-refractivity contribution in [2.45, 2.75) is 37.3 Å². The van der Waals surface area contributed by atoms with Gasteiger partial charge in [0.25, 0.3) is 0 Å². The van der Waals surface area contributed by atoms with Crippen molar-refractivity contribution in [2.75, 3.05) is 33.4 Å². The van der Waals surface area contributed by atoms with Gasteiger partial charge in [-0.3, -0.25) is 9.69 Å². The van der Waals surface area contributed by atoms with Gasteiger partial charge in [-0.25, -0.2) is 0 Å². The topological polar surface area (TPSA) is 59.0 Å². The second-order valence-electron chi connectivity index (χ2n) is 4.96. The summed E-state index contributed by atoms with van der Waals surface area (Å²) in [7, 11) is 1.38. The molecule has 5 nitrogen and oxygen atoms in total. The predicted molar refractivity (Wildman–Crippen MR) is 61.6 cm³/mol. The number of rotatable bonds is 5. The fraction of sp³-hybridized carbons (Fsp3) is 0.917. The van der Waals surface area contributed by atoms with Crippen molar-refractivity contribution in [3.05, 3.63) is 0 Å². The number of aliphatic hydroxyl groups is 1. The van der Waals surface area contributed by atoms with E-state index < -0.39 is 0 Å². The number of hydrogen-bond acceptors (Lipinski definition) is 5. The summed E-state index contributed by atoms with van der Waals surface area (Å²) in [6.07, 6.45) is 3.55. The summed E-state index contributed by atoms with van der Waals surface area (Å²) in [6, 6.07) is 0. The fourth-order valence-electron chi connectivity index (χ4n) is 3.01. The lowest BCUT2D eigenvalue weighted by Gasteiger charge is -2.28. The molecule has 0 aliphatic carbocycles. The molecule has 2 rings (SSSR count). The Labute approximate surface area is 102 Å². The van der Waals surface area contributed by atoms with Gasteiger partial charge in [0.1, 0.15) is 0 Å². The Hall–Kier alpha value is -0.650. The maximum atomic E-state index is 10.9. The number of carbonyl (C=O) groups excluding carboxylic acids is 1. The van der Waals surface area contributed by atoms with E-state index in [9.17, 15) is 9.90 Å². The number of ether oxygens (including phenoxy) is 2. The van der Waals surface area contributed by atoms with Gasteiger partial charge < -0.3 is 14.6 Å². The van der Waals surface area contributed by atoms with Gasteiger partial charge in [-0.15, -0.1) is 0 Å². The van der Waals surface area contributed by atoms with Crippen LogP contribution in [0.1, 0.15) is 25.7 Å². The van der Waals surface area contributed by atoms with Gasteiger partial charge >= 0.3 is 5.97 Å². The van der Waals surface area contributed by atoms with Crippen LogP contribution >= 0.6 is 0 Å². The molecular formula is C12H21NO4. The van der Waals surface area contributed by atoms with E-state index in [-0.39, 0.29) is 24.2 Å². The summed E-state index contributed by atoms with van der Waals surface area (Å²) < 4.78 is 10.2. The maximum Gasteiger partial charge on any atom is 0.307 e. The van der Waals surface area contributed by atoms with E-state index in [0.717, 1.165) is 32.4 Å². The number of aliphatic hydroxyl groups excluding tert-OH is 1. The molecule has 1 N–H and O–H groups in total. The molecule has 0 aromatic rings. The quantitative estimate of drug-likeness (QED) is 0.697. The highest BCUT2D eigenvalue weighted by atomic mass is 16.5. The third-order valence-corrected chi connectivity index (χ3v) is 3.95. The van der Waals surface area contributed by atoms with Gasteiger partial charge in [-0.2, -0.15) is 0 Å². The molecule has 17 heavy (non-hydrogen) atoms. The van der Waals surface area contributed by atoms with Crippen molar-refractivity contribution in [1.82, 2.24) is 4.90 Å². The monoisotopic (exact) mass is 243 g/mol. The summed E-state index contributed by atoms with van der Waals surface area (Å²) in [4.78, 5) is 13.3. The van der Waals surface area contributed by atoms with Crippen molar-refractivity contribution in [1.29, 1.82) is 0 Å². The van der Waals surface area contributed by atoms with Gasteiger partial charge in [0.15, 0.2) is 0 Å². The summed E-state index contributed by atoms with van der Waals surface area (Å²) in [5.41, 5.74) is -0.0457. The lowest BCUT2D eigenvalue weighted by molar-refractivity contribution is -0.142. The lowest BCUT2D eigenvalue weighted by atomic mass is 9.94. The van der Waals surface area contributed by atoms with Crippen LogP contribution in [0.5, 0.6) is 0 Å². The largest absolute Gasteiger partial charge is 0.469 e. The zero-order valence-corrected chi connectivity index (χ0v) is 10.4. The second-order valence-corrected chi connectivity index (χ2v) is 4.96. The SMILES string of the molecule is COC(=O)CCO[C@H]1CN2CCC[C@]2(CO)C1. The predicted octanol–water partition coefficient (Wildman–Crippen LogP) is 0.165. The zero-order chi connectivity index (χ0) is 12.3. The van der Waals surface area contributed by atoms with Crippen LogP contribution in [0.2, 0.25) is 0 Å². The molecule has 2 fully saturated rings. The maximum absolute atomic E-state index is 10.9. The number of nitrogens with zero attached hydrogens (tertiary/aromatic N) is 1. The number of hydrogen-bond donors (Lipinski definition) is 1. The zero-order valence-electron chi connectivity index (χ0n) is 10.4. The van der Waals surface area contributed by atoms with E-state index in [1.165, 1.54) is 7.11 Å². The minimum Gasteiger partial charge on any atom is -0.469 e. The fourth-order valence-corrected chi connectivity index (χ4v) is 3.01. The molecule has 0 aromatic heterocycles. The van der Waals surface area contributed by atoms with Crippen molar-refractivity contribution in [2.24, 2.45) is 0 Å². The molecule has 2 saturated heterocycles. The molecule has 0 bridgehead atoms.